The average molecular weight is 341 g/mol. The minimum atomic E-state index is -0.0106. The summed E-state index contributed by atoms with van der Waals surface area (Å²) in [4.78, 5) is 14.9. The van der Waals surface area contributed by atoms with Gasteiger partial charge in [0.05, 0.1) is 20.3 Å². The van der Waals surface area contributed by atoms with Crippen molar-refractivity contribution in [1.29, 1.82) is 0 Å². The number of likely N-dealkylation sites (tertiary alicyclic amines) is 1. The van der Waals surface area contributed by atoms with Gasteiger partial charge >= 0.3 is 0 Å². The van der Waals surface area contributed by atoms with Gasteiger partial charge < -0.3 is 14.4 Å². The van der Waals surface area contributed by atoms with Crippen LogP contribution in [0.2, 0.25) is 0 Å². The molecule has 0 radical (unpaired) electrons. The molecular formula is C19H23N3O3. The SMILES string of the molecule is COc1ccc([C@@H]2CCCN2C(=O)c2cc(C3CC3)[nH]n2)c(OC)c1. The van der Waals surface area contributed by atoms with Gasteiger partial charge in [0.1, 0.15) is 17.2 Å². The van der Waals surface area contributed by atoms with E-state index < -0.39 is 0 Å². The third-order valence-corrected chi connectivity index (χ3v) is 5.15. The largest absolute Gasteiger partial charge is 0.497 e. The number of amides is 1. The molecule has 0 unspecified atom stereocenters. The van der Waals surface area contributed by atoms with Crippen molar-refractivity contribution >= 4 is 5.91 Å². The molecule has 2 aromatic rings. The number of rotatable bonds is 5. The normalized spacial score (nSPS) is 19.9. The van der Waals surface area contributed by atoms with Crippen molar-refractivity contribution in [3.8, 4) is 11.5 Å². The summed E-state index contributed by atoms with van der Waals surface area (Å²) < 4.78 is 10.8. The fourth-order valence-corrected chi connectivity index (χ4v) is 3.62. The van der Waals surface area contributed by atoms with Crippen LogP contribution in [0.25, 0.3) is 0 Å². The van der Waals surface area contributed by atoms with Gasteiger partial charge in [0.15, 0.2) is 0 Å². The molecular weight excluding hydrogens is 318 g/mol. The van der Waals surface area contributed by atoms with Crippen molar-refractivity contribution < 1.29 is 14.3 Å². The molecule has 2 fully saturated rings. The third kappa shape index (κ3) is 2.97. The zero-order valence-corrected chi connectivity index (χ0v) is 14.6. The van der Waals surface area contributed by atoms with Gasteiger partial charge in [-0.05, 0) is 43.9 Å². The van der Waals surface area contributed by atoms with E-state index in [0.29, 0.717) is 11.6 Å². The molecule has 6 nitrogen and oxygen atoms in total. The van der Waals surface area contributed by atoms with Crippen molar-refractivity contribution in [3.05, 3.63) is 41.2 Å². The molecule has 1 amide bonds. The number of aromatic amines is 1. The maximum atomic E-state index is 13.0. The summed E-state index contributed by atoms with van der Waals surface area (Å²) in [6, 6.07) is 7.71. The number of aromatic nitrogens is 2. The monoisotopic (exact) mass is 341 g/mol. The first kappa shape index (κ1) is 16.0. The Morgan fingerprint density at radius 3 is 2.76 bits per heavy atom. The molecule has 1 aliphatic carbocycles. The molecule has 1 N–H and O–H groups in total. The topological polar surface area (TPSA) is 67.5 Å². The van der Waals surface area contributed by atoms with E-state index in [1.807, 2.05) is 29.2 Å². The van der Waals surface area contributed by atoms with Crippen LogP contribution in [0.3, 0.4) is 0 Å². The molecule has 0 spiro atoms. The number of nitrogens with one attached hydrogen (secondary N) is 1. The van der Waals surface area contributed by atoms with Gasteiger partial charge in [0, 0.05) is 29.8 Å². The van der Waals surface area contributed by atoms with Gasteiger partial charge in [-0.3, -0.25) is 9.89 Å². The predicted octanol–water partition coefficient (Wildman–Crippen LogP) is 3.28. The summed E-state index contributed by atoms with van der Waals surface area (Å²) in [5.74, 6) is 2.05. The molecule has 2 heterocycles. The Morgan fingerprint density at radius 2 is 2.04 bits per heavy atom. The zero-order chi connectivity index (χ0) is 17.4. The minimum Gasteiger partial charge on any atom is -0.497 e. The Balaban J connectivity index is 1.60. The fraction of sp³-hybridized carbons (Fsp3) is 0.474. The highest BCUT2D eigenvalue weighted by Crippen LogP contribution is 2.41. The lowest BCUT2D eigenvalue weighted by Gasteiger charge is -2.26. The van der Waals surface area contributed by atoms with E-state index in [-0.39, 0.29) is 11.9 Å². The summed E-state index contributed by atoms with van der Waals surface area (Å²) in [5.41, 5.74) is 2.62. The number of carbonyl (C=O) groups excluding carboxylic acids is 1. The molecule has 1 aromatic carbocycles. The zero-order valence-electron chi connectivity index (χ0n) is 14.6. The van der Waals surface area contributed by atoms with Gasteiger partial charge in [0.25, 0.3) is 5.91 Å². The van der Waals surface area contributed by atoms with Crippen molar-refractivity contribution in [2.45, 2.75) is 37.6 Å². The van der Waals surface area contributed by atoms with Crippen molar-refractivity contribution in [2.75, 3.05) is 20.8 Å². The molecule has 25 heavy (non-hydrogen) atoms. The minimum absolute atomic E-state index is 0.00873. The van der Waals surface area contributed by atoms with Crippen molar-refractivity contribution in [1.82, 2.24) is 15.1 Å². The highest BCUT2D eigenvalue weighted by atomic mass is 16.5. The van der Waals surface area contributed by atoms with Gasteiger partial charge in [-0.2, -0.15) is 5.10 Å². The van der Waals surface area contributed by atoms with Crippen LogP contribution in [-0.2, 0) is 0 Å². The van der Waals surface area contributed by atoms with E-state index in [2.05, 4.69) is 10.2 Å². The Hall–Kier alpha value is -2.50. The second-order valence-electron chi connectivity index (χ2n) is 6.75. The number of methoxy groups -OCH3 is 2. The number of H-pyrrole nitrogens is 1. The Labute approximate surface area is 147 Å². The number of nitrogens with zero attached hydrogens (tertiary/aromatic N) is 2. The second-order valence-corrected chi connectivity index (χ2v) is 6.75. The van der Waals surface area contributed by atoms with Gasteiger partial charge in [-0.1, -0.05) is 0 Å². The molecule has 0 bridgehead atoms. The van der Waals surface area contributed by atoms with Gasteiger partial charge in [-0.15, -0.1) is 0 Å². The van der Waals surface area contributed by atoms with Crippen LogP contribution in [-0.4, -0.2) is 41.8 Å². The van der Waals surface area contributed by atoms with Gasteiger partial charge in [0.2, 0.25) is 0 Å². The van der Waals surface area contributed by atoms with E-state index in [9.17, 15) is 4.79 Å². The smallest absolute Gasteiger partial charge is 0.274 e. The van der Waals surface area contributed by atoms with E-state index >= 15 is 0 Å². The van der Waals surface area contributed by atoms with Crippen LogP contribution in [0.5, 0.6) is 11.5 Å². The lowest BCUT2D eigenvalue weighted by atomic mass is 10.0. The van der Waals surface area contributed by atoms with Crippen LogP contribution in [0.15, 0.2) is 24.3 Å². The highest BCUT2D eigenvalue weighted by molar-refractivity contribution is 5.93. The summed E-state index contributed by atoms with van der Waals surface area (Å²) >= 11 is 0. The van der Waals surface area contributed by atoms with Crippen molar-refractivity contribution in [2.24, 2.45) is 0 Å². The molecule has 2 aliphatic rings. The van der Waals surface area contributed by atoms with E-state index in [1.165, 1.54) is 12.8 Å². The summed E-state index contributed by atoms with van der Waals surface area (Å²) in [7, 11) is 3.28. The second kappa shape index (κ2) is 6.43. The van der Waals surface area contributed by atoms with Crippen LogP contribution >= 0.6 is 0 Å². The first-order valence-corrected chi connectivity index (χ1v) is 8.79. The first-order valence-electron chi connectivity index (χ1n) is 8.79. The number of benzene rings is 1. The molecule has 1 saturated heterocycles. The lowest BCUT2D eigenvalue weighted by molar-refractivity contribution is 0.0728. The van der Waals surface area contributed by atoms with Gasteiger partial charge in [-0.25, -0.2) is 0 Å². The molecule has 4 rings (SSSR count). The van der Waals surface area contributed by atoms with E-state index in [0.717, 1.165) is 42.1 Å². The maximum Gasteiger partial charge on any atom is 0.274 e. The molecule has 1 atom stereocenters. The number of carbonyl (C=O) groups is 1. The first-order chi connectivity index (χ1) is 12.2. The quantitative estimate of drug-likeness (QED) is 0.906. The summed E-state index contributed by atoms with van der Waals surface area (Å²) in [5, 5.41) is 7.28. The summed E-state index contributed by atoms with van der Waals surface area (Å²) in [6.45, 7) is 0.740. The van der Waals surface area contributed by atoms with Crippen LogP contribution in [0, 0.1) is 0 Å². The lowest BCUT2D eigenvalue weighted by Crippen LogP contribution is -2.31. The number of hydrogen-bond donors (Lipinski definition) is 1. The Morgan fingerprint density at radius 1 is 1.20 bits per heavy atom. The molecule has 1 aliphatic heterocycles. The maximum absolute atomic E-state index is 13.0. The van der Waals surface area contributed by atoms with Crippen molar-refractivity contribution in [3.63, 3.8) is 0 Å². The van der Waals surface area contributed by atoms with E-state index in [1.54, 1.807) is 14.2 Å². The van der Waals surface area contributed by atoms with Crippen LogP contribution in [0.1, 0.15) is 59.4 Å². The molecule has 1 saturated carbocycles. The van der Waals surface area contributed by atoms with E-state index in [4.69, 9.17) is 9.47 Å². The summed E-state index contributed by atoms with van der Waals surface area (Å²) in [6.07, 6.45) is 4.27. The fourth-order valence-electron chi connectivity index (χ4n) is 3.62. The third-order valence-electron chi connectivity index (χ3n) is 5.15. The number of hydrogen-bond acceptors (Lipinski definition) is 4. The Bertz CT molecular complexity index is 782. The van der Waals surface area contributed by atoms with Crippen LogP contribution < -0.4 is 9.47 Å². The molecule has 6 heteroatoms. The predicted molar refractivity (Wildman–Crippen MR) is 93.1 cm³/mol. The molecule has 132 valence electrons. The standard InChI is InChI=1S/C19H23N3O3/c1-24-13-7-8-14(18(10-13)25-2)17-4-3-9-22(17)19(23)16-11-15(20-21-16)12-5-6-12/h7-8,10-12,17H,3-6,9H2,1-2H3,(H,20,21)/t17-/m0/s1. The average Bonchev–Trinajstić information content (AvgIpc) is 3.19. The molecule has 1 aromatic heterocycles. The highest BCUT2D eigenvalue weighted by Gasteiger charge is 2.34. The van der Waals surface area contributed by atoms with Crippen LogP contribution in [0.4, 0.5) is 0 Å². The Kier molecular flexibility index (Phi) is 4.11. The number of ether oxygens (including phenoxy) is 2.